The van der Waals surface area contributed by atoms with Crippen molar-refractivity contribution < 1.29 is 13.9 Å². The Balaban J connectivity index is 1.31. The molecule has 7 heteroatoms. The van der Waals surface area contributed by atoms with E-state index in [1.54, 1.807) is 18.2 Å². The fraction of sp³-hybridized carbons (Fsp3) is 0.444. The monoisotopic (exact) mass is 462 g/mol. The largest absolute Gasteiger partial charge is 0.483 e. The highest BCUT2D eigenvalue weighted by molar-refractivity contribution is 5.85. The Kier molecular flexibility index (Phi) is 6.02. The van der Waals surface area contributed by atoms with E-state index in [9.17, 15) is 14.4 Å². The van der Waals surface area contributed by atoms with Crippen molar-refractivity contribution in [3.63, 3.8) is 0 Å². The third-order valence-electron chi connectivity index (χ3n) is 7.18. The van der Waals surface area contributed by atoms with E-state index in [0.717, 1.165) is 47.9 Å². The zero-order valence-electron chi connectivity index (χ0n) is 19.7. The molecule has 3 aromatic rings. The number of likely N-dealkylation sites (tertiary alicyclic amines) is 1. The van der Waals surface area contributed by atoms with Gasteiger partial charge in [-0.15, -0.1) is 0 Å². The van der Waals surface area contributed by atoms with Gasteiger partial charge in [-0.1, -0.05) is 19.4 Å². The number of benzene rings is 1. The summed E-state index contributed by atoms with van der Waals surface area (Å²) in [6.45, 7) is 5.78. The van der Waals surface area contributed by atoms with E-state index in [1.807, 2.05) is 34.6 Å². The molecule has 1 aromatic carbocycles. The SMILES string of the molecule is CCCCc1cc(=O)oc2c(C)c(OCC(=O)N3C[C@H]4C[C@H](C3)c3cccc(=O)n3C4)ccc12. The molecule has 0 radical (unpaired) electrons. The summed E-state index contributed by atoms with van der Waals surface area (Å²) in [5.74, 6) is 0.918. The van der Waals surface area contributed by atoms with Crippen molar-refractivity contribution in [3.05, 3.63) is 74.0 Å². The normalized spacial score (nSPS) is 19.2. The minimum atomic E-state index is -0.367. The first-order chi connectivity index (χ1) is 16.4. The lowest BCUT2D eigenvalue weighted by atomic mass is 9.83. The maximum atomic E-state index is 13.0. The van der Waals surface area contributed by atoms with Gasteiger partial charge in [-0.2, -0.15) is 0 Å². The van der Waals surface area contributed by atoms with Crippen molar-refractivity contribution in [2.75, 3.05) is 19.7 Å². The number of rotatable bonds is 6. The molecule has 2 bridgehead atoms. The van der Waals surface area contributed by atoms with E-state index >= 15 is 0 Å². The number of hydrogen-bond donors (Lipinski definition) is 0. The molecular weight excluding hydrogens is 432 g/mol. The van der Waals surface area contributed by atoms with E-state index < -0.39 is 0 Å². The Labute approximate surface area is 197 Å². The van der Waals surface area contributed by atoms with Crippen LogP contribution in [0, 0.1) is 12.8 Å². The summed E-state index contributed by atoms with van der Waals surface area (Å²) in [5, 5.41) is 0.919. The molecule has 4 heterocycles. The Hall–Kier alpha value is -3.35. The van der Waals surface area contributed by atoms with E-state index in [1.165, 1.54) is 0 Å². The van der Waals surface area contributed by atoms with Gasteiger partial charge < -0.3 is 18.6 Å². The summed E-state index contributed by atoms with van der Waals surface area (Å²) >= 11 is 0. The Morgan fingerprint density at radius 2 is 2.00 bits per heavy atom. The van der Waals surface area contributed by atoms with Gasteiger partial charge in [-0.25, -0.2) is 4.79 Å². The van der Waals surface area contributed by atoms with Crippen molar-refractivity contribution in [1.82, 2.24) is 9.47 Å². The number of ether oxygens (including phenoxy) is 1. The van der Waals surface area contributed by atoms with Gasteiger partial charge in [-0.3, -0.25) is 9.59 Å². The number of amides is 1. The second-order valence-corrected chi connectivity index (χ2v) is 9.55. The molecule has 2 aliphatic heterocycles. The van der Waals surface area contributed by atoms with Crippen LogP contribution in [0.1, 0.15) is 48.9 Å². The summed E-state index contributed by atoms with van der Waals surface area (Å²) in [6.07, 6.45) is 3.87. The molecule has 7 nitrogen and oxygen atoms in total. The molecule has 178 valence electrons. The van der Waals surface area contributed by atoms with Crippen LogP contribution in [-0.2, 0) is 17.8 Å². The van der Waals surface area contributed by atoms with Gasteiger partial charge in [0.25, 0.3) is 11.5 Å². The molecule has 1 saturated heterocycles. The number of carbonyl (C=O) groups excluding carboxylic acids is 1. The van der Waals surface area contributed by atoms with Gasteiger partial charge in [0.1, 0.15) is 11.3 Å². The zero-order chi connectivity index (χ0) is 23.8. The summed E-state index contributed by atoms with van der Waals surface area (Å²) < 4.78 is 13.3. The third kappa shape index (κ3) is 4.15. The second-order valence-electron chi connectivity index (χ2n) is 9.55. The average molecular weight is 463 g/mol. The van der Waals surface area contributed by atoms with Gasteiger partial charge in [0.15, 0.2) is 6.61 Å². The van der Waals surface area contributed by atoms with Gasteiger partial charge in [0, 0.05) is 54.3 Å². The number of aryl methyl sites for hydroxylation is 2. The molecule has 1 amide bonds. The Bertz CT molecular complexity index is 1360. The van der Waals surface area contributed by atoms with Crippen LogP contribution in [0.15, 0.2) is 50.4 Å². The van der Waals surface area contributed by atoms with Crippen LogP contribution in [0.25, 0.3) is 11.0 Å². The number of hydrogen-bond acceptors (Lipinski definition) is 5. The maximum absolute atomic E-state index is 13.0. The van der Waals surface area contributed by atoms with Crippen LogP contribution in [0.2, 0.25) is 0 Å². The molecule has 34 heavy (non-hydrogen) atoms. The van der Waals surface area contributed by atoms with Crippen molar-refractivity contribution in [3.8, 4) is 5.75 Å². The van der Waals surface area contributed by atoms with Crippen LogP contribution in [0.3, 0.4) is 0 Å². The highest BCUT2D eigenvalue weighted by Gasteiger charge is 2.36. The first-order valence-electron chi connectivity index (χ1n) is 12.1. The molecule has 2 atom stereocenters. The van der Waals surface area contributed by atoms with Crippen LogP contribution in [-0.4, -0.2) is 35.1 Å². The standard InChI is InChI=1S/C27H30N2O5/c1-3-4-6-19-12-26(32)34-27-17(2)23(10-9-21(19)27)33-16-25(31)28-13-18-11-20(15-28)22-7-5-8-24(30)29(22)14-18/h5,7-10,12,18,20H,3-4,6,11,13-16H2,1-2H3/t18-,20-/m1/s1. The van der Waals surface area contributed by atoms with Crippen molar-refractivity contribution >= 4 is 16.9 Å². The molecule has 2 aromatic heterocycles. The number of unbranched alkanes of at least 4 members (excludes halogenated alkanes) is 1. The summed E-state index contributed by atoms with van der Waals surface area (Å²) in [6, 6.07) is 10.7. The average Bonchev–Trinajstić information content (AvgIpc) is 2.83. The summed E-state index contributed by atoms with van der Waals surface area (Å²) in [4.78, 5) is 39.2. The second kappa shape index (κ2) is 9.12. The molecule has 0 N–H and O–H groups in total. The summed E-state index contributed by atoms with van der Waals surface area (Å²) in [7, 11) is 0. The fourth-order valence-electron chi connectivity index (χ4n) is 5.47. The summed E-state index contributed by atoms with van der Waals surface area (Å²) in [5.41, 5.74) is 2.92. The third-order valence-corrected chi connectivity index (χ3v) is 7.18. The smallest absolute Gasteiger partial charge is 0.336 e. The van der Waals surface area contributed by atoms with Crippen LogP contribution in [0.5, 0.6) is 5.75 Å². The zero-order valence-corrected chi connectivity index (χ0v) is 19.7. The van der Waals surface area contributed by atoms with Crippen LogP contribution < -0.4 is 15.9 Å². The molecular formula is C27H30N2O5. The van der Waals surface area contributed by atoms with Crippen molar-refractivity contribution in [1.29, 1.82) is 0 Å². The molecule has 0 aliphatic carbocycles. The van der Waals surface area contributed by atoms with Gasteiger partial charge in [0.2, 0.25) is 0 Å². The number of carbonyl (C=O) groups is 1. The van der Waals surface area contributed by atoms with E-state index in [0.29, 0.717) is 31.0 Å². The first kappa shape index (κ1) is 22.4. The number of fused-ring (bicyclic) bond motifs is 5. The first-order valence-corrected chi connectivity index (χ1v) is 12.1. The number of aromatic nitrogens is 1. The maximum Gasteiger partial charge on any atom is 0.336 e. The van der Waals surface area contributed by atoms with Gasteiger partial charge >= 0.3 is 5.63 Å². The minimum Gasteiger partial charge on any atom is -0.483 e. The fourth-order valence-corrected chi connectivity index (χ4v) is 5.47. The van der Waals surface area contributed by atoms with Crippen LogP contribution in [0.4, 0.5) is 0 Å². The van der Waals surface area contributed by atoms with E-state index in [-0.39, 0.29) is 35.5 Å². The predicted molar refractivity (Wildman–Crippen MR) is 129 cm³/mol. The van der Waals surface area contributed by atoms with E-state index in [2.05, 4.69) is 6.92 Å². The lowest BCUT2D eigenvalue weighted by molar-refractivity contribution is -0.136. The quantitative estimate of drug-likeness (QED) is 0.523. The van der Waals surface area contributed by atoms with Gasteiger partial charge in [-0.05, 0) is 55.9 Å². The highest BCUT2D eigenvalue weighted by atomic mass is 16.5. The highest BCUT2D eigenvalue weighted by Crippen LogP contribution is 2.35. The number of pyridine rings is 1. The van der Waals surface area contributed by atoms with Crippen molar-refractivity contribution in [2.24, 2.45) is 5.92 Å². The van der Waals surface area contributed by atoms with E-state index in [4.69, 9.17) is 9.15 Å². The molecule has 5 rings (SSSR count). The molecule has 1 fully saturated rings. The molecule has 0 unspecified atom stereocenters. The lowest BCUT2D eigenvalue weighted by Gasteiger charge is -2.42. The van der Waals surface area contributed by atoms with Crippen molar-refractivity contribution in [2.45, 2.75) is 52.0 Å². The topological polar surface area (TPSA) is 81.8 Å². The molecule has 0 spiro atoms. The van der Waals surface area contributed by atoms with Crippen LogP contribution >= 0.6 is 0 Å². The van der Waals surface area contributed by atoms with Gasteiger partial charge in [0.05, 0.1) is 0 Å². The number of nitrogens with zero attached hydrogens (tertiary/aromatic N) is 2. The lowest BCUT2D eigenvalue weighted by Crippen LogP contribution is -2.50. The predicted octanol–water partition coefficient (Wildman–Crippen LogP) is 3.63. The Morgan fingerprint density at radius 3 is 2.82 bits per heavy atom. The molecule has 2 aliphatic rings. The Morgan fingerprint density at radius 1 is 1.15 bits per heavy atom. The molecule has 0 saturated carbocycles. The number of piperidine rings is 1. The minimum absolute atomic E-state index is 0.0339.